The highest BCUT2D eigenvalue weighted by molar-refractivity contribution is 6.36. The van der Waals surface area contributed by atoms with E-state index in [0.717, 1.165) is 0 Å². The normalized spacial score (nSPS) is 11.9. The summed E-state index contributed by atoms with van der Waals surface area (Å²) < 4.78 is 0. The average Bonchev–Trinajstić information content (AvgIpc) is 2.27. The van der Waals surface area contributed by atoms with Crippen LogP contribution >= 0.6 is 23.2 Å². The molecule has 0 saturated heterocycles. The number of aliphatic carboxylic acids is 1. The first-order valence-corrected chi connectivity index (χ1v) is 5.81. The molecule has 1 rings (SSSR count). The van der Waals surface area contributed by atoms with E-state index in [1.54, 1.807) is 0 Å². The Morgan fingerprint density at radius 3 is 2.50 bits per heavy atom. The molecule has 0 aliphatic carbocycles. The molecule has 1 aromatic rings. The zero-order valence-electron chi connectivity index (χ0n) is 9.19. The molecule has 0 aromatic heterocycles. The summed E-state index contributed by atoms with van der Waals surface area (Å²) in [5, 5.41) is 20.3. The smallest absolute Gasteiger partial charge is 0.326 e. The van der Waals surface area contributed by atoms with Crippen molar-refractivity contribution in [2.75, 3.05) is 6.61 Å². The highest BCUT2D eigenvalue weighted by atomic mass is 35.5. The van der Waals surface area contributed by atoms with Gasteiger partial charge in [0.2, 0.25) is 0 Å². The quantitative estimate of drug-likeness (QED) is 0.768. The molecular formula is C11H11Cl2NO4. The Bertz CT molecular complexity index is 464. The van der Waals surface area contributed by atoms with Gasteiger partial charge in [-0.25, -0.2) is 4.79 Å². The minimum absolute atomic E-state index is 0.0771. The number of rotatable bonds is 5. The van der Waals surface area contributed by atoms with Gasteiger partial charge >= 0.3 is 5.97 Å². The number of benzene rings is 1. The summed E-state index contributed by atoms with van der Waals surface area (Å²) in [5.41, 5.74) is 0.130. The Morgan fingerprint density at radius 1 is 1.33 bits per heavy atom. The van der Waals surface area contributed by atoms with E-state index in [1.165, 1.54) is 18.2 Å². The molecule has 1 unspecified atom stereocenters. The maximum absolute atomic E-state index is 11.8. The van der Waals surface area contributed by atoms with Crippen LogP contribution < -0.4 is 5.32 Å². The van der Waals surface area contributed by atoms with Crippen LogP contribution in [-0.2, 0) is 4.79 Å². The molecule has 1 amide bonds. The predicted octanol–water partition coefficient (Wildman–Crippen LogP) is 1.56. The van der Waals surface area contributed by atoms with Gasteiger partial charge in [0, 0.05) is 18.1 Å². The Balaban J connectivity index is 2.83. The molecule has 3 N–H and O–H groups in total. The van der Waals surface area contributed by atoms with Gasteiger partial charge in [0.05, 0.1) is 10.6 Å². The Hall–Kier alpha value is -1.30. The van der Waals surface area contributed by atoms with Crippen LogP contribution in [-0.4, -0.2) is 34.7 Å². The van der Waals surface area contributed by atoms with Gasteiger partial charge in [-0.05, 0) is 18.2 Å². The van der Waals surface area contributed by atoms with Gasteiger partial charge in [0.1, 0.15) is 6.04 Å². The lowest BCUT2D eigenvalue weighted by Crippen LogP contribution is -2.41. The van der Waals surface area contributed by atoms with Crippen LogP contribution in [0.25, 0.3) is 0 Å². The zero-order valence-corrected chi connectivity index (χ0v) is 10.7. The van der Waals surface area contributed by atoms with Crippen molar-refractivity contribution in [2.24, 2.45) is 0 Å². The molecule has 0 radical (unpaired) electrons. The second-order valence-corrected chi connectivity index (χ2v) is 4.34. The average molecular weight is 292 g/mol. The van der Waals surface area contributed by atoms with E-state index in [0.29, 0.717) is 5.02 Å². The molecule has 1 aromatic carbocycles. The monoisotopic (exact) mass is 291 g/mol. The van der Waals surface area contributed by atoms with E-state index in [2.05, 4.69) is 5.32 Å². The van der Waals surface area contributed by atoms with Gasteiger partial charge in [0.25, 0.3) is 5.91 Å². The molecule has 7 heteroatoms. The predicted molar refractivity (Wildman–Crippen MR) is 67.1 cm³/mol. The van der Waals surface area contributed by atoms with Crippen LogP contribution in [0.1, 0.15) is 16.8 Å². The first-order chi connectivity index (χ1) is 8.45. The maximum Gasteiger partial charge on any atom is 0.326 e. The number of hydrogen-bond donors (Lipinski definition) is 3. The highest BCUT2D eigenvalue weighted by Crippen LogP contribution is 2.20. The van der Waals surface area contributed by atoms with Gasteiger partial charge < -0.3 is 15.5 Å². The van der Waals surface area contributed by atoms with E-state index in [4.69, 9.17) is 33.4 Å². The first kappa shape index (κ1) is 14.8. The number of aliphatic hydroxyl groups excluding tert-OH is 1. The molecule has 0 bridgehead atoms. The van der Waals surface area contributed by atoms with Crippen LogP contribution in [0, 0.1) is 0 Å². The van der Waals surface area contributed by atoms with E-state index in [9.17, 15) is 9.59 Å². The molecule has 5 nitrogen and oxygen atoms in total. The van der Waals surface area contributed by atoms with E-state index < -0.39 is 17.9 Å². The van der Waals surface area contributed by atoms with Gasteiger partial charge in [-0.1, -0.05) is 23.2 Å². The van der Waals surface area contributed by atoms with Crippen molar-refractivity contribution in [1.82, 2.24) is 5.32 Å². The fourth-order valence-electron chi connectivity index (χ4n) is 1.30. The topological polar surface area (TPSA) is 86.6 Å². The van der Waals surface area contributed by atoms with E-state index >= 15 is 0 Å². The lowest BCUT2D eigenvalue weighted by atomic mass is 10.1. The van der Waals surface area contributed by atoms with E-state index in [1.807, 2.05) is 0 Å². The van der Waals surface area contributed by atoms with Crippen molar-refractivity contribution in [3.63, 3.8) is 0 Å². The second-order valence-electron chi connectivity index (χ2n) is 3.50. The maximum atomic E-state index is 11.8. The fraction of sp³-hybridized carbons (Fsp3) is 0.273. The molecule has 98 valence electrons. The minimum atomic E-state index is -1.22. The summed E-state index contributed by atoms with van der Waals surface area (Å²) >= 11 is 11.5. The molecule has 0 heterocycles. The summed E-state index contributed by atoms with van der Waals surface area (Å²) in [6.45, 7) is -0.342. The molecule has 0 spiro atoms. The van der Waals surface area contributed by atoms with Gasteiger partial charge in [-0.15, -0.1) is 0 Å². The molecule has 0 fully saturated rings. The van der Waals surface area contributed by atoms with Crippen molar-refractivity contribution in [1.29, 1.82) is 0 Å². The molecule has 0 saturated carbocycles. The molecule has 0 aliphatic heterocycles. The van der Waals surface area contributed by atoms with Crippen molar-refractivity contribution in [2.45, 2.75) is 12.5 Å². The number of carbonyl (C=O) groups excluding carboxylic acids is 1. The number of carboxylic acid groups (broad SMARTS) is 1. The van der Waals surface area contributed by atoms with Gasteiger partial charge in [-0.2, -0.15) is 0 Å². The Morgan fingerprint density at radius 2 is 2.00 bits per heavy atom. The molecule has 0 aliphatic rings. The van der Waals surface area contributed by atoms with Crippen molar-refractivity contribution >= 4 is 35.1 Å². The Kier molecular flexibility index (Phi) is 5.40. The zero-order chi connectivity index (χ0) is 13.7. The van der Waals surface area contributed by atoms with E-state index in [-0.39, 0.29) is 23.6 Å². The third-order valence-electron chi connectivity index (χ3n) is 2.20. The SMILES string of the molecule is O=C(NC(CCO)C(=O)O)c1ccc(Cl)cc1Cl. The number of carboxylic acids is 1. The highest BCUT2D eigenvalue weighted by Gasteiger charge is 2.21. The Labute approximate surface area is 113 Å². The lowest BCUT2D eigenvalue weighted by molar-refractivity contribution is -0.139. The number of hydrogen-bond acceptors (Lipinski definition) is 3. The number of amides is 1. The third-order valence-corrected chi connectivity index (χ3v) is 2.74. The van der Waals surface area contributed by atoms with Crippen LogP contribution in [0.15, 0.2) is 18.2 Å². The summed E-state index contributed by atoms with van der Waals surface area (Å²) in [6, 6.07) is 3.11. The van der Waals surface area contributed by atoms with Crippen molar-refractivity contribution < 1.29 is 19.8 Å². The van der Waals surface area contributed by atoms with Crippen LogP contribution in [0.5, 0.6) is 0 Å². The number of carbonyl (C=O) groups is 2. The molecule has 1 atom stereocenters. The van der Waals surface area contributed by atoms with Crippen LogP contribution in [0.3, 0.4) is 0 Å². The fourth-order valence-corrected chi connectivity index (χ4v) is 1.79. The standard InChI is InChI=1S/C11H11Cl2NO4/c12-6-1-2-7(8(13)5-6)10(16)14-9(3-4-15)11(17)18/h1-2,5,9,15H,3-4H2,(H,14,16)(H,17,18). The number of nitrogens with one attached hydrogen (secondary N) is 1. The summed E-state index contributed by atoms with van der Waals surface area (Å²) in [7, 11) is 0. The van der Waals surface area contributed by atoms with Crippen LogP contribution in [0.4, 0.5) is 0 Å². The summed E-state index contributed by atoms with van der Waals surface area (Å²) in [5.74, 6) is -1.85. The van der Waals surface area contributed by atoms with Crippen LogP contribution in [0.2, 0.25) is 10.0 Å². The lowest BCUT2D eigenvalue weighted by Gasteiger charge is -2.13. The van der Waals surface area contributed by atoms with Crippen molar-refractivity contribution in [3.05, 3.63) is 33.8 Å². The molecular weight excluding hydrogens is 281 g/mol. The summed E-state index contributed by atoms with van der Waals surface area (Å²) in [6.07, 6.45) is -0.0771. The number of halogens is 2. The summed E-state index contributed by atoms with van der Waals surface area (Å²) in [4.78, 5) is 22.6. The van der Waals surface area contributed by atoms with Crippen molar-refractivity contribution in [3.8, 4) is 0 Å². The molecule has 18 heavy (non-hydrogen) atoms. The number of aliphatic hydroxyl groups is 1. The largest absolute Gasteiger partial charge is 0.480 e. The van der Waals surface area contributed by atoms with Gasteiger partial charge in [-0.3, -0.25) is 4.79 Å². The second kappa shape index (κ2) is 6.58. The van der Waals surface area contributed by atoms with Gasteiger partial charge in [0.15, 0.2) is 0 Å². The first-order valence-electron chi connectivity index (χ1n) is 5.05. The minimum Gasteiger partial charge on any atom is -0.480 e. The third kappa shape index (κ3) is 3.87.